The predicted octanol–water partition coefficient (Wildman–Crippen LogP) is 1.28. The second-order valence-electron chi connectivity index (χ2n) is 5.07. The fourth-order valence-corrected chi connectivity index (χ4v) is 2.11. The number of ether oxygens (including phenoxy) is 1. The first-order valence-electron chi connectivity index (χ1n) is 5.60. The molecule has 1 fully saturated rings. The molecular formula is C12H23N3O. The van der Waals surface area contributed by atoms with Gasteiger partial charge in [-0.15, -0.1) is 6.58 Å². The molecule has 2 unspecified atom stereocenters. The van der Waals surface area contributed by atoms with Crippen LogP contribution in [0.4, 0.5) is 0 Å². The molecule has 3 N–H and O–H groups in total. The zero-order valence-corrected chi connectivity index (χ0v) is 10.7. The van der Waals surface area contributed by atoms with Gasteiger partial charge in [0.25, 0.3) is 0 Å². The van der Waals surface area contributed by atoms with Gasteiger partial charge in [0, 0.05) is 18.6 Å². The topological polar surface area (TPSA) is 59.6 Å². The fourth-order valence-electron chi connectivity index (χ4n) is 2.11. The maximum absolute atomic E-state index is 5.77. The lowest BCUT2D eigenvalue weighted by atomic mass is 9.56. The number of rotatable bonds is 4. The van der Waals surface area contributed by atoms with Gasteiger partial charge in [0.2, 0.25) is 0 Å². The lowest BCUT2D eigenvalue weighted by molar-refractivity contribution is -0.176. The number of hydrogen-bond acceptors (Lipinski definition) is 2. The summed E-state index contributed by atoms with van der Waals surface area (Å²) in [5, 5.41) is 3.23. The quantitative estimate of drug-likeness (QED) is 0.430. The molecule has 0 aromatic rings. The van der Waals surface area contributed by atoms with Crippen molar-refractivity contribution in [1.82, 2.24) is 5.32 Å². The Hall–Kier alpha value is -1.03. The molecule has 16 heavy (non-hydrogen) atoms. The molecule has 92 valence electrons. The summed E-state index contributed by atoms with van der Waals surface area (Å²) in [6.45, 7) is 10.6. The highest BCUT2D eigenvalue weighted by molar-refractivity contribution is 5.78. The van der Waals surface area contributed by atoms with E-state index in [1.165, 1.54) is 0 Å². The Balaban J connectivity index is 2.57. The molecule has 4 nitrogen and oxygen atoms in total. The normalized spacial score (nSPS) is 33.0. The molecule has 1 aliphatic carbocycles. The Kier molecular flexibility index (Phi) is 3.63. The zero-order valence-electron chi connectivity index (χ0n) is 10.7. The second-order valence-corrected chi connectivity index (χ2v) is 5.07. The van der Waals surface area contributed by atoms with E-state index in [0.717, 1.165) is 6.42 Å². The maximum Gasteiger partial charge on any atom is 0.189 e. The number of nitrogens with two attached hydrogens (primary N) is 1. The Labute approximate surface area is 98.0 Å². The number of aliphatic imine (C=N–C) groups is 1. The van der Waals surface area contributed by atoms with Crippen LogP contribution in [0.3, 0.4) is 0 Å². The highest BCUT2D eigenvalue weighted by atomic mass is 16.5. The van der Waals surface area contributed by atoms with E-state index in [1.807, 2.05) is 0 Å². The van der Waals surface area contributed by atoms with Crippen LogP contribution in [0.15, 0.2) is 17.6 Å². The third kappa shape index (κ3) is 2.07. The van der Waals surface area contributed by atoms with Gasteiger partial charge in [-0.1, -0.05) is 19.9 Å². The van der Waals surface area contributed by atoms with Gasteiger partial charge < -0.3 is 15.8 Å². The maximum atomic E-state index is 5.77. The zero-order chi connectivity index (χ0) is 12.4. The summed E-state index contributed by atoms with van der Waals surface area (Å²) < 4.78 is 5.54. The van der Waals surface area contributed by atoms with Crippen LogP contribution >= 0.6 is 0 Å². The molecule has 0 bridgehead atoms. The van der Waals surface area contributed by atoms with Gasteiger partial charge >= 0.3 is 0 Å². The first-order valence-corrected chi connectivity index (χ1v) is 5.60. The SMILES string of the molecule is C=CCN=C(N)NC1CC(C)(OC)C1(C)C. The lowest BCUT2D eigenvalue weighted by Crippen LogP contribution is -2.69. The number of nitrogens with one attached hydrogen (secondary N) is 1. The standard InChI is InChI=1S/C12H23N3O/c1-6-7-14-10(13)15-9-8-12(4,16-5)11(9,2)3/h6,9H,1,7-8H2,2-5H3,(H3,13,14,15). The first-order chi connectivity index (χ1) is 7.37. The molecule has 1 rings (SSSR count). The molecule has 1 saturated carbocycles. The highest BCUT2D eigenvalue weighted by Gasteiger charge is 2.57. The minimum atomic E-state index is -0.0800. The molecule has 0 radical (unpaired) electrons. The second kappa shape index (κ2) is 4.45. The van der Waals surface area contributed by atoms with Crippen LogP contribution in [-0.2, 0) is 4.74 Å². The number of nitrogens with zero attached hydrogens (tertiary/aromatic N) is 1. The van der Waals surface area contributed by atoms with Gasteiger partial charge in [0.1, 0.15) is 0 Å². The predicted molar refractivity (Wildman–Crippen MR) is 67.4 cm³/mol. The summed E-state index contributed by atoms with van der Waals surface area (Å²) in [5.74, 6) is 0.483. The fraction of sp³-hybridized carbons (Fsp3) is 0.750. The van der Waals surface area contributed by atoms with E-state index in [-0.39, 0.29) is 11.0 Å². The van der Waals surface area contributed by atoms with E-state index in [0.29, 0.717) is 18.5 Å². The van der Waals surface area contributed by atoms with Gasteiger partial charge in [0.15, 0.2) is 5.96 Å². The van der Waals surface area contributed by atoms with Crippen molar-refractivity contribution in [3.8, 4) is 0 Å². The van der Waals surface area contributed by atoms with E-state index >= 15 is 0 Å². The van der Waals surface area contributed by atoms with Crippen LogP contribution < -0.4 is 11.1 Å². The van der Waals surface area contributed by atoms with Crippen molar-refractivity contribution in [3.05, 3.63) is 12.7 Å². The summed E-state index contributed by atoms with van der Waals surface area (Å²) in [6.07, 6.45) is 2.67. The average Bonchev–Trinajstić information content (AvgIpc) is 2.25. The molecule has 0 aliphatic heterocycles. The number of hydrogen-bond donors (Lipinski definition) is 2. The summed E-state index contributed by atoms with van der Waals surface area (Å²) >= 11 is 0. The average molecular weight is 225 g/mol. The minimum Gasteiger partial charge on any atom is -0.378 e. The van der Waals surface area contributed by atoms with Crippen molar-refractivity contribution in [3.63, 3.8) is 0 Å². The number of methoxy groups -OCH3 is 1. The minimum absolute atomic E-state index is 0.0517. The lowest BCUT2D eigenvalue weighted by Gasteiger charge is -2.59. The highest BCUT2D eigenvalue weighted by Crippen LogP contribution is 2.51. The van der Waals surface area contributed by atoms with Gasteiger partial charge in [-0.2, -0.15) is 0 Å². The Morgan fingerprint density at radius 1 is 1.62 bits per heavy atom. The van der Waals surface area contributed by atoms with Crippen molar-refractivity contribution >= 4 is 5.96 Å². The Morgan fingerprint density at radius 2 is 2.25 bits per heavy atom. The third-order valence-electron chi connectivity index (χ3n) is 3.99. The van der Waals surface area contributed by atoms with Gasteiger partial charge in [0.05, 0.1) is 12.1 Å². The van der Waals surface area contributed by atoms with Crippen LogP contribution in [0.1, 0.15) is 27.2 Å². The first kappa shape index (κ1) is 13.0. The molecule has 0 amide bonds. The van der Waals surface area contributed by atoms with E-state index in [9.17, 15) is 0 Å². The van der Waals surface area contributed by atoms with Crippen LogP contribution in [0.2, 0.25) is 0 Å². The Morgan fingerprint density at radius 3 is 2.69 bits per heavy atom. The molecule has 0 spiro atoms. The van der Waals surface area contributed by atoms with Crippen molar-refractivity contribution < 1.29 is 4.74 Å². The summed E-state index contributed by atoms with van der Waals surface area (Å²) in [5.41, 5.74) is 5.74. The molecule has 0 aromatic carbocycles. The molecule has 0 saturated heterocycles. The van der Waals surface area contributed by atoms with Crippen molar-refractivity contribution in [2.24, 2.45) is 16.1 Å². The molecule has 1 aliphatic rings. The molecule has 0 heterocycles. The Bertz CT molecular complexity index is 299. The largest absolute Gasteiger partial charge is 0.378 e. The third-order valence-corrected chi connectivity index (χ3v) is 3.99. The van der Waals surface area contributed by atoms with Gasteiger partial charge in [-0.05, 0) is 13.3 Å². The molecule has 0 aromatic heterocycles. The van der Waals surface area contributed by atoms with Crippen molar-refractivity contribution in [2.45, 2.75) is 38.8 Å². The van der Waals surface area contributed by atoms with Crippen LogP contribution in [0, 0.1) is 5.41 Å². The molecule has 2 atom stereocenters. The van der Waals surface area contributed by atoms with Gasteiger partial charge in [-0.3, -0.25) is 0 Å². The van der Waals surface area contributed by atoms with Crippen molar-refractivity contribution in [2.75, 3.05) is 13.7 Å². The number of guanidine groups is 1. The van der Waals surface area contributed by atoms with Gasteiger partial charge in [-0.25, -0.2) is 4.99 Å². The summed E-state index contributed by atoms with van der Waals surface area (Å²) in [7, 11) is 1.76. The van der Waals surface area contributed by atoms with E-state index in [2.05, 4.69) is 37.7 Å². The van der Waals surface area contributed by atoms with E-state index in [4.69, 9.17) is 10.5 Å². The van der Waals surface area contributed by atoms with E-state index < -0.39 is 0 Å². The van der Waals surface area contributed by atoms with E-state index in [1.54, 1.807) is 13.2 Å². The molecule has 4 heteroatoms. The smallest absolute Gasteiger partial charge is 0.189 e. The summed E-state index contributed by atoms with van der Waals surface area (Å²) in [6, 6.07) is 0.311. The van der Waals surface area contributed by atoms with Crippen LogP contribution in [-0.4, -0.2) is 31.3 Å². The van der Waals surface area contributed by atoms with Crippen molar-refractivity contribution in [1.29, 1.82) is 0 Å². The summed E-state index contributed by atoms with van der Waals surface area (Å²) in [4.78, 5) is 4.13. The van der Waals surface area contributed by atoms with Crippen LogP contribution in [0.5, 0.6) is 0 Å². The molecular weight excluding hydrogens is 202 g/mol. The van der Waals surface area contributed by atoms with Crippen LogP contribution in [0.25, 0.3) is 0 Å². The monoisotopic (exact) mass is 225 g/mol.